The SMILES string of the molecule is C=CC(C)[C@H]1C[C@@H]2C=CCO[PH+](O2)O1. The molecule has 0 amide bonds. The summed E-state index contributed by atoms with van der Waals surface area (Å²) in [5.41, 5.74) is 0. The average Bonchev–Trinajstić information content (AvgIpc) is 2.38. The van der Waals surface area contributed by atoms with E-state index in [1.165, 1.54) is 0 Å². The van der Waals surface area contributed by atoms with Crippen molar-refractivity contribution in [1.29, 1.82) is 0 Å². The van der Waals surface area contributed by atoms with Gasteiger partial charge in [-0.15, -0.1) is 6.58 Å². The van der Waals surface area contributed by atoms with Crippen molar-refractivity contribution in [2.45, 2.75) is 25.6 Å². The van der Waals surface area contributed by atoms with Crippen molar-refractivity contribution in [1.82, 2.24) is 0 Å². The maximum atomic E-state index is 5.74. The molecule has 0 N–H and O–H groups in total. The Labute approximate surface area is 85.7 Å². The van der Waals surface area contributed by atoms with Crippen LogP contribution in [0.5, 0.6) is 0 Å². The summed E-state index contributed by atoms with van der Waals surface area (Å²) in [4.78, 5) is 0. The largest absolute Gasteiger partial charge is 0.399 e. The predicted octanol–water partition coefficient (Wildman–Crippen LogP) is 2.53. The molecule has 0 aromatic rings. The monoisotopic (exact) mass is 215 g/mol. The normalized spacial score (nSPS) is 38.8. The Bertz CT molecular complexity index is 242. The van der Waals surface area contributed by atoms with Crippen molar-refractivity contribution in [2.24, 2.45) is 5.92 Å². The summed E-state index contributed by atoms with van der Waals surface area (Å²) in [6.45, 7) is 6.51. The van der Waals surface area contributed by atoms with Gasteiger partial charge < -0.3 is 0 Å². The zero-order valence-electron chi connectivity index (χ0n) is 8.31. The molecule has 14 heavy (non-hydrogen) atoms. The second-order valence-electron chi connectivity index (χ2n) is 3.63. The van der Waals surface area contributed by atoms with Crippen LogP contribution >= 0.6 is 8.60 Å². The summed E-state index contributed by atoms with van der Waals surface area (Å²) in [6.07, 6.45) is 7.28. The molecule has 0 radical (unpaired) electrons. The molecule has 4 atom stereocenters. The Kier molecular flexibility index (Phi) is 3.34. The fraction of sp³-hybridized carbons (Fsp3) is 0.600. The Balaban J connectivity index is 2.03. The predicted molar refractivity (Wildman–Crippen MR) is 57.1 cm³/mol. The molecule has 4 heteroatoms. The standard InChI is InChI=1S/C10H16O3P/c1-3-8(2)10-7-9-5-4-6-11-14(12-9)13-10/h3-5,8-10,14H,1,6-7H2,2H3/q+1/t8?,9-,10+/m0/s1. The summed E-state index contributed by atoms with van der Waals surface area (Å²) < 4.78 is 16.8. The first kappa shape index (κ1) is 10.3. The van der Waals surface area contributed by atoms with Gasteiger partial charge in [-0.25, -0.2) is 0 Å². The molecule has 78 valence electrons. The molecular weight excluding hydrogens is 199 g/mol. The van der Waals surface area contributed by atoms with E-state index >= 15 is 0 Å². The first-order chi connectivity index (χ1) is 6.79. The van der Waals surface area contributed by atoms with Gasteiger partial charge >= 0.3 is 8.60 Å². The van der Waals surface area contributed by atoms with Crippen molar-refractivity contribution in [3.63, 3.8) is 0 Å². The molecular formula is C10H16O3P+. The summed E-state index contributed by atoms with van der Waals surface area (Å²) in [7, 11) is -1.50. The summed E-state index contributed by atoms with van der Waals surface area (Å²) in [5.74, 6) is 0.358. The van der Waals surface area contributed by atoms with E-state index in [4.69, 9.17) is 13.6 Å². The highest BCUT2D eigenvalue weighted by atomic mass is 31.2. The third-order valence-corrected chi connectivity index (χ3v) is 3.96. The van der Waals surface area contributed by atoms with Crippen LogP contribution in [0.4, 0.5) is 0 Å². The zero-order valence-corrected chi connectivity index (χ0v) is 9.31. The number of hydrogen-bond acceptors (Lipinski definition) is 3. The van der Waals surface area contributed by atoms with Crippen LogP contribution in [0.3, 0.4) is 0 Å². The topological polar surface area (TPSA) is 27.7 Å². The fourth-order valence-electron chi connectivity index (χ4n) is 1.58. The minimum absolute atomic E-state index is 0.174. The minimum atomic E-state index is -1.50. The van der Waals surface area contributed by atoms with Crippen LogP contribution in [0.15, 0.2) is 24.8 Å². The van der Waals surface area contributed by atoms with Crippen molar-refractivity contribution in [3.8, 4) is 0 Å². The van der Waals surface area contributed by atoms with Crippen LogP contribution in [-0.4, -0.2) is 18.8 Å². The molecule has 3 nitrogen and oxygen atoms in total. The Morgan fingerprint density at radius 1 is 1.57 bits per heavy atom. The summed E-state index contributed by atoms with van der Waals surface area (Å²) in [5, 5.41) is 0. The molecule has 0 spiro atoms. The van der Waals surface area contributed by atoms with Crippen LogP contribution < -0.4 is 0 Å². The molecule has 0 aliphatic carbocycles. The van der Waals surface area contributed by atoms with E-state index < -0.39 is 8.60 Å². The molecule has 1 saturated heterocycles. The molecule has 2 rings (SSSR count). The highest BCUT2D eigenvalue weighted by Crippen LogP contribution is 2.50. The molecule has 0 saturated carbocycles. The van der Waals surface area contributed by atoms with E-state index in [-0.39, 0.29) is 12.2 Å². The fourth-order valence-corrected chi connectivity index (χ4v) is 2.99. The molecule has 2 bridgehead atoms. The van der Waals surface area contributed by atoms with Crippen LogP contribution in [0.25, 0.3) is 0 Å². The second kappa shape index (κ2) is 4.54. The first-order valence-electron chi connectivity index (χ1n) is 4.92. The number of fused-ring (bicyclic) bond motifs is 2. The summed E-state index contributed by atoms with van der Waals surface area (Å²) >= 11 is 0. The summed E-state index contributed by atoms with van der Waals surface area (Å²) in [6, 6.07) is 0. The molecule has 0 aromatic carbocycles. The van der Waals surface area contributed by atoms with Gasteiger partial charge in [0.1, 0.15) is 18.8 Å². The Morgan fingerprint density at radius 2 is 2.43 bits per heavy atom. The third kappa shape index (κ3) is 2.23. The van der Waals surface area contributed by atoms with E-state index in [0.717, 1.165) is 6.42 Å². The lowest BCUT2D eigenvalue weighted by Crippen LogP contribution is -2.29. The molecule has 0 aromatic heterocycles. The average molecular weight is 215 g/mol. The zero-order chi connectivity index (χ0) is 9.97. The van der Waals surface area contributed by atoms with E-state index in [1.807, 2.05) is 12.2 Å². The maximum absolute atomic E-state index is 5.74. The van der Waals surface area contributed by atoms with Gasteiger partial charge in [-0.2, -0.15) is 13.6 Å². The van der Waals surface area contributed by atoms with E-state index in [0.29, 0.717) is 12.5 Å². The van der Waals surface area contributed by atoms with Gasteiger partial charge in [0.2, 0.25) is 0 Å². The Hall–Kier alpha value is -0.210. The quantitative estimate of drug-likeness (QED) is 0.523. The third-order valence-electron chi connectivity index (χ3n) is 2.57. The van der Waals surface area contributed by atoms with Crippen molar-refractivity contribution < 1.29 is 13.6 Å². The van der Waals surface area contributed by atoms with Gasteiger partial charge in [-0.05, 0) is 0 Å². The second-order valence-corrected chi connectivity index (χ2v) is 4.89. The molecule has 2 unspecified atom stereocenters. The van der Waals surface area contributed by atoms with Gasteiger partial charge in [0.25, 0.3) is 0 Å². The lowest BCUT2D eigenvalue weighted by atomic mass is 9.99. The van der Waals surface area contributed by atoms with Crippen molar-refractivity contribution >= 4 is 8.60 Å². The van der Waals surface area contributed by atoms with Gasteiger partial charge in [0, 0.05) is 12.3 Å². The van der Waals surface area contributed by atoms with Crippen LogP contribution in [-0.2, 0) is 13.6 Å². The highest BCUT2D eigenvalue weighted by Gasteiger charge is 2.39. The van der Waals surface area contributed by atoms with Gasteiger partial charge in [-0.1, -0.05) is 25.2 Å². The number of rotatable bonds is 2. The molecule has 2 aliphatic rings. The van der Waals surface area contributed by atoms with E-state index in [2.05, 4.69) is 19.6 Å². The number of hydrogen-bond donors (Lipinski definition) is 0. The van der Waals surface area contributed by atoms with Crippen molar-refractivity contribution in [2.75, 3.05) is 6.61 Å². The van der Waals surface area contributed by atoms with Crippen molar-refractivity contribution in [3.05, 3.63) is 24.8 Å². The smallest absolute Gasteiger partial charge is 0.176 e. The molecule has 1 fully saturated rings. The van der Waals surface area contributed by atoms with Gasteiger partial charge in [0.05, 0.1) is 0 Å². The first-order valence-corrected chi connectivity index (χ1v) is 6.14. The molecule has 2 aliphatic heterocycles. The van der Waals surface area contributed by atoms with Crippen LogP contribution in [0.2, 0.25) is 0 Å². The van der Waals surface area contributed by atoms with E-state index in [1.54, 1.807) is 0 Å². The lowest BCUT2D eigenvalue weighted by Gasteiger charge is -2.27. The maximum Gasteiger partial charge on any atom is 0.399 e. The van der Waals surface area contributed by atoms with Crippen LogP contribution in [0, 0.1) is 5.92 Å². The Morgan fingerprint density at radius 3 is 3.21 bits per heavy atom. The van der Waals surface area contributed by atoms with Gasteiger partial charge in [-0.3, -0.25) is 0 Å². The van der Waals surface area contributed by atoms with Crippen LogP contribution in [0.1, 0.15) is 13.3 Å². The van der Waals surface area contributed by atoms with Gasteiger partial charge in [0.15, 0.2) is 0 Å². The minimum Gasteiger partial charge on any atom is -0.176 e. The lowest BCUT2D eigenvalue weighted by molar-refractivity contribution is 0.0267. The highest BCUT2D eigenvalue weighted by molar-refractivity contribution is 7.41. The van der Waals surface area contributed by atoms with E-state index in [9.17, 15) is 0 Å². The molecule has 2 heterocycles.